The minimum Gasteiger partial charge on any atom is -0.324 e. The fraction of sp³-hybridized carbons (Fsp3) is 0.273. The number of allylic oxidation sites excluding steroid dienone is 2. The van der Waals surface area contributed by atoms with Crippen molar-refractivity contribution in [3.63, 3.8) is 0 Å². The van der Waals surface area contributed by atoms with Gasteiger partial charge in [-0.3, -0.25) is 0 Å². The monoisotopic (exact) mass is 176 g/mol. The third-order valence-electron chi connectivity index (χ3n) is 1.92. The standard InChI is InChI=1S/C11H16N2/c1-4-7-13-8-11(10(3)12)6-5-9(13)2/h4-8,10H,2,12H2,1,3H3/b7-4-. The fourth-order valence-corrected chi connectivity index (χ4v) is 1.13. The molecule has 2 nitrogen and oxygen atoms in total. The summed E-state index contributed by atoms with van der Waals surface area (Å²) >= 11 is 0. The third kappa shape index (κ3) is 2.33. The fourth-order valence-electron chi connectivity index (χ4n) is 1.13. The first-order chi connectivity index (χ1) is 6.15. The Morgan fingerprint density at radius 3 is 2.77 bits per heavy atom. The third-order valence-corrected chi connectivity index (χ3v) is 1.92. The van der Waals surface area contributed by atoms with E-state index < -0.39 is 0 Å². The van der Waals surface area contributed by atoms with E-state index in [1.165, 1.54) is 0 Å². The van der Waals surface area contributed by atoms with Crippen molar-refractivity contribution in [2.75, 3.05) is 0 Å². The van der Waals surface area contributed by atoms with Gasteiger partial charge in [0.2, 0.25) is 0 Å². The van der Waals surface area contributed by atoms with Crippen LogP contribution in [-0.4, -0.2) is 10.9 Å². The molecule has 0 radical (unpaired) electrons. The van der Waals surface area contributed by atoms with Crippen LogP contribution in [0.1, 0.15) is 13.8 Å². The zero-order valence-electron chi connectivity index (χ0n) is 8.20. The molecule has 1 rings (SSSR count). The number of hydrogen-bond acceptors (Lipinski definition) is 2. The van der Waals surface area contributed by atoms with E-state index in [9.17, 15) is 0 Å². The molecule has 0 saturated heterocycles. The zero-order valence-corrected chi connectivity index (χ0v) is 8.20. The van der Waals surface area contributed by atoms with Crippen molar-refractivity contribution >= 4 is 0 Å². The summed E-state index contributed by atoms with van der Waals surface area (Å²) in [6, 6.07) is 0.0668. The molecule has 0 bridgehead atoms. The van der Waals surface area contributed by atoms with Gasteiger partial charge in [-0.25, -0.2) is 0 Å². The van der Waals surface area contributed by atoms with Crippen LogP contribution in [0.4, 0.5) is 0 Å². The topological polar surface area (TPSA) is 29.3 Å². The van der Waals surface area contributed by atoms with Gasteiger partial charge in [-0.15, -0.1) is 0 Å². The van der Waals surface area contributed by atoms with Crippen molar-refractivity contribution in [2.45, 2.75) is 19.9 Å². The maximum absolute atomic E-state index is 5.77. The maximum Gasteiger partial charge on any atom is 0.0377 e. The van der Waals surface area contributed by atoms with E-state index in [1.54, 1.807) is 0 Å². The van der Waals surface area contributed by atoms with Gasteiger partial charge < -0.3 is 10.6 Å². The molecule has 2 N–H and O–H groups in total. The van der Waals surface area contributed by atoms with E-state index in [2.05, 4.69) is 6.58 Å². The van der Waals surface area contributed by atoms with Crippen molar-refractivity contribution in [1.82, 2.24) is 4.90 Å². The normalized spacial score (nSPS) is 19.5. The number of nitrogens with zero attached hydrogens (tertiary/aromatic N) is 1. The van der Waals surface area contributed by atoms with Crippen LogP contribution in [-0.2, 0) is 0 Å². The molecular weight excluding hydrogens is 160 g/mol. The van der Waals surface area contributed by atoms with Crippen molar-refractivity contribution in [2.24, 2.45) is 5.73 Å². The van der Waals surface area contributed by atoms with Crippen molar-refractivity contribution < 1.29 is 0 Å². The lowest BCUT2D eigenvalue weighted by Gasteiger charge is -2.22. The van der Waals surface area contributed by atoms with Crippen LogP contribution in [0.15, 0.2) is 48.5 Å². The molecule has 1 aliphatic rings. The predicted molar refractivity (Wildman–Crippen MR) is 56.7 cm³/mol. The highest BCUT2D eigenvalue weighted by molar-refractivity contribution is 5.36. The molecule has 0 aliphatic carbocycles. The van der Waals surface area contributed by atoms with Gasteiger partial charge in [-0.05, 0) is 25.5 Å². The van der Waals surface area contributed by atoms with Crippen LogP contribution in [0.25, 0.3) is 0 Å². The van der Waals surface area contributed by atoms with Crippen molar-refractivity contribution in [3.8, 4) is 0 Å². The molecular formula is C11H16N2. The Labute approximate surface area is 79.7 Å². The first-order valence-electron chi connectivity index (χ1n) is 4.40. The second-order valence-electron chi connectivity index (χ2n) is 3.13. The minimum absolute atomic E-state index is 0.0668. The summed E-state index contributed by atoms with van der Waals surface area (Å²) in [5.41, 5.74) is 7.85. The van der Waals surface area contributed by atoms with E-state index in [0.717, 1.165) is 11.3 Å². The van der Waals surface area contributed by atoms with Crippen LogP contribution in [0.2, 0.25) is 0 Å². The largest absolute Gasteiger partial charge is 0.324 e. The first kappa shape index (κ1) is 9.81. The summed E-state index contributed by atoms with van der Waals surface area (Å²) in [4.78, 5) is 1.97. The summed E-state index contributed by atoms with van der Waals surface area (Å²) in [5.74, 6) is 0. The highest BCUT2D eigenvalue weighted by Crippen LogP contribution is 2.17. The first-order valence-corrected chi connectivity index (χ1v) is 4.40. The summed E-state index contributed by atoms with van der Waals surface area (Å²) in [7, 11) is 0. The predicted octanol–water partition coefficient (Wildman–Crippen LogP) is 2.14. The molecule has 0 aromatic rings. The van der Waals surface area contributed by atoms with Gasteiger partial charge in [0.1, 0.15) is 0 Å². The molecule has 1 atom stereocenters. The van der Waals surface area contributed by atoms with Gasteiger partial charge in [0, 0.05) is 24.1 Å². The van der Waals surface area contributed by atoms with Gasteiger partial charge in [0.25, 0.3) is 0 Å². The molecule has 0 fully saturated rings. The SMILES string of the molecule is C=C1C=CC(C(C)N)=CN1/C=C\C. The van der Waals surface area contributed by atoms with Gasteiger partial charge in [0.15, 0.2) is 0 Å². The van der Waals surface area contributed by atoms with Crippen molar-refractivity contribution in [1.29, 1.82) is 0 Å². The highest BCUT2D eigenvalue weighted by atomic mass is 15.1. The molecule has 0 aromatic heterocycles. The molecule has 0 saturated carbocycles. The second-order valence-corrected chi connectivity index (χ2v) is 3.13. The Kier molecular flexibility index (Phi) is 3.09. The number of rotatable bonds is 2. The van der Waals surface area contributed by atoms with E-state index >= 15 is 0 Å². The van der Waals surface area contributed by atoms with Gasteiger partial charge in [-0.2, -0.15) is 0 Å². The molecule has 0 amide bonds. The van der Waals surface area contributed by atoms with Crippen LogP contribution in [0.5, 0.6) is 0 Å². The smallest absolute Gasteiger partial charge is 0.0377 e. The Morgan fingerprint density at radius 1 is 1.54 bits per heavy atom. The quantitative estimate of drug-likeness (QED) is 0.698. The van der Waals surface area contributed by atoms with Gasteiger partial charge >= 0.3 is 0 Å². The minimum atomic E-state index is 0.0668. The molecule has 0 aromatic carbocycles. The van der Waals surface area contributed by atoms with Crippen molar-refractivity contribution in [3.05, 3.63) is 48.5 Å². The molecule has 1 unspecified atom stereocenters. The summed E-state index contributed by atoms with van der Waals surface area (Å²) in [5, 5.41) is 0. The van der Waals surface area contributed by atoms with E-state index in [1.807, 2.05) is 49.4 Å². The lowest BCUT2D eigenvalue weighted by Crippen LogP contribution is -2.21. The molecule has 1 aliphatic heterocycles. The highest BCUT2D eigenvalue weighted by Gasteiger charge is 2.08. The Hall–Kier alpha value is -1.28. The van der Waals surface area contributed by atoms with E-state index in [-0.39, 0.29) is 6.04 Å². The summed E-state index contributed by atoms with van der Waals surface area (Å²) in [6.45, 7) is 7.86. The maximum atomic E-state index is 5.77. The van der Waals surface area contributed by atoms with Crippen LogP contribution in [0, 0.1) is 0 Å². The Morgan fingerprint density at radius 2 is 2.23 bits per heavy atom. The van der Waals surface area contributed by atoms with E-state index in [0.29, 0.717) is 0 Å². The molecule has 13 heavy (non-hydrogen) atoms. The molecule has 70 valence electrons. The average Bonchev–Trinajstić information content (AvgIpc) is 2.08. The lowest BCUT2D eigenvalue weighted by atomic mass is 10.1. The Balaban J connectivity index is 2.86. The molecule has 0 spiro atoms. The summed E-state index contributed by atoms with van der Waals surface area (Å²) < 4.78 is 0. The van der Waals surface area contributed by atoms with Crippen LogP contribution in [0.3, 0.4) is 0 Å². The average molecular weight is 176 g/mol. The lowest BCUT2D eigenvalue weighted by molar-refractivity contribution is 0.630. The molecule has 2 heteroatoms. The van der Waals surface area contributed by atoms with Crippen LogP contribution >= 0.6 is 0 Å². The number of hydrogen-bond donors (Lipinski definition) is 1. The van der Waals surface area contributed by atoms with Crippen LogP contribution < -0.4 is 5.73 Å². The zero-order chi connectivity index (χ0) is 9.84. The number of nitrogens with two attached hydrogens (primary N) is 1. The molecule has 1 heterocycles. The second kappa shape index (κ2) is 4.10. The summed E-state index contributed by atoms with van der Waals surface area (Å²) in [6.07, 6.45) is 9.92. The van der Waals surface area contributed by atoms with Gasteiger partial charge in [-0.1, -0.05) is 18.7 Å². The Bertz CT molecular complexity index is 282. The van der Waals surface area contributed by atoms with Gasteiger partial charge in [0.05, 0.1) is 0 Å². The van der Waals surface area contributed by atoms with E-state index in [4.69, 9.17) is 5.73 Å².